The first-order valence-corrected chi connectivity index (χ1v) is 9.09. The highest BCUT2D eigenvalue weighted by molar-refractivity contribution is 4.46. The van der Waals surface area contributed by atoms with Gasteiger partial charge in [0, 0.05) is 13.2 Å². The van der Waals surface area contributed by atoms with Crippen molar-refractivity contribution in [3.05, 3.63) is 0 Å². The summed E-state index contributed by atoms with van der Waals surface area (Å²) in [5.74, 6) is 1.25. The minimum absolute atomic E-state index is 0.596. The van der Waals surface area contributed by atoms with Gasteiger partial charge in [-0.05, 0) is 11.8 Å². The van der Waals surface area contributed by atoms with Crippen LogP contribution >= 0.6 is 0 Å². The van der Waals surface area contributed by atoms with E-state index in [0.29, 0.717) is 64.7 Å². The van der Waals surface area contributed by atoms with E-state index in [9.17, 15) is 0 Å². The van der Waals surface area contributed by atoms with E-state index in [2.05, 4.69) is 27.7 Å². The third-order valence-electron chi connectivity index (χ3n) is 3.69. The van der Waals surface area contributed by atoms with Crippen LogP contribution in [0.25, 0.3) is 0 Å². The van der Waals surface area contributed by atoms with Crippen molar-refractivity contribution in [2.24, 2.45) is 11.8 Å². The number of hydrogen-bond acceptors (Lipinski definition) is 5. The summed E-state index contributed by atoms with van der Waals surface area (Å²) < 4.78 is 27.3. The van der Waals surface area contributed by atoms with Crippen molar-refractivity contribution >= 4 is 0 Å². The molecule has 0 aliphatic rings. The van der Waals surface area contributed by atoms with Crippen LogP contribution in [0.3, 0.4) is 0 Å². The summed E-state index contributed by atoms with van der Waals surface area (Å²) in [6, 6.07) is 0. The molecule has 0 rings (SSSR count). The first kappa shape index (κ1) is 22.8. The maximum atomic E-state index is 5.50. The number of ether oxygens (including phenoxy) is 5. The Kier molecular flexibility index (Phi) is 18.0. The highest BCUT2D eigenvalue weighted by atomic mass is 16.6. The van der Waals surface area contributed by atoms with E-state index in [1.807, 2.05) is 0 Å². The Morgan fingerprint density at radius 3 is 1.00 bits per heavy atom. The third kappa shape index (κ3) is 18.0. The molecule has 2 unspecified atom stereocenters. The molecule has 0 N–H and O–H groups in total. The van der Waals surface area contributed by atoms with Gasteiger partial charge in [-0.15, -0.1) is 0 Å². The van der Waals surface area contributed by atoms with Crippen LogP contribution in [0.15, 0.2) is 0 Å². The van der Waals surface area contributed by atoms with E-state index in [1.165, 1.54) is 0 Å². The first-order valence-electron chi connectivity index (χ1n) is 9.09. The summed E-state index contributed by atoms with van der Waals surface area (Å²) in [7, 11) is 0. The highest BCUT2D eigenvalue weighted by Crippen LogP contribution is 2.00. The predicted molar refractivity (Wildman–Crippen MR) is 93.0 cm³/mol. The van der Waals surface area contributed by atoms with E-state index in [-0.39, 0.29) is 0 Å². The Hall–Kier alpha value is -0.200. The molecule has 0 saturated carbocycles. The molecule has 5 nitrogen and oxygen atoms in total. The van der Waals surface area contributed by atoms with Crippen molar-refractivity contribution < 1.29 is 23.7 Å². The summed E-state index contributed by atoms with van der Waals surface area (Å²) in [5.41, 5.74) is 0. The molecule has 0 spiro atoms. The maximum absolute atomic E-state index is 5.50. The molecule has 0 saturated heterocycles. The van der Waals surface area contributed by atoms with Gasteiger partial charge < -0.3 is 23.7 Å². The summed E-state index contributed by atoms with van der Waals surface area (Å²) in [4.78, 5) is 0. The molecule has 0 aliphatic heterocycles. The molecule has 0 heterocycles. The quantitative estimate of drug-likeness (QED) is 0.360. The van der Waals surface area contributed by atoms with Gasteiger partial charge in [0.25, 0.3) is 0 Å². The van der Waals surface area contributed by atoms with Crippen LogP contribution in [0, 0.1) is 11.8 Å². The van der Waals surface area contributed by atoms with Gasteiger partial charge in [-0.2, -0.15) is 0 Å². The Morgan fingerprint density at radius 1 is 0.478 bits per heavy atom. The standard InChI is InChI=1S/C18H38O5/c1-5-17(3)15-22-13-11-20-9-7-19-8-10-21-12-14-23-16-18(4)6-2/h17-18H,5-16H2,1-4H3. The van der Waals surface area contributed by atoms with Crippen LogP contribution < -0.4 is 0 Å². The summed E-state index contributed by atoms with van der Waals surface area (Å²) >= 11 is 0. The molecular formula is C18H38O5. The first-order chi connectivity index (χ1) is 11.2. The van der Waals surface area contributed by atoms with E-state index in [0.717, 1.165) is 26.1 Å². The predicted octanol–water partition coefficient (Wildman–Crippen LogP) is 3.16. The lowest BCUT2D eigenvalue weighted by molar-refractivity contribution is -0.0151. The molecule has 0 aliphatic carbocycles. The zero-order chi connectivity index (χ0) is 17.2. The average Bonchev–Trinajstić information content (AvgIpc) is 2.57. The monoisotopic (exact) mass is 334 g/mol. The Bertz CT molecular complexity index is 203. The summed E-state index contributed by atoms with van der Waals surface area (Å²) in [6.45, 7) is 15.3. The van der Waals surface area contributed by atoms with Crippen molar-refractivity contribution in [2.75, 3.05) is 66.1 Å². The zero-order valence-electron chi connectivity index (χ0n) is 15.7. The van der Waals surface area contributed by atoms with Crippen molar-refractivity contribution in [1.29, 1.82) is 0 Å². The number of rotatable bonds is 18. The van der Waals surface area contributed by atoms with Crippen molar-refractivity contribution in [3.8, 4) is 0 Å². The van der Waals surface area contributed by atoms with Gasteiger partial charge in [0.05, 0.1) is 52.9 Å². The summed E-state index contributed by atoms with van der Waals surface area (Å²) in [6.07, 6.45) is 2.31. The fourth-order valence-electron chi connectivity index (χ4n) is 1.58. The second-order valence-corrected chi connectivity index (χ2v) is 6.01. The molecule has 0 aromatic rings. The molecule has 140 valence electrons. The van der Waals surface area contributed by atoms with Crippen molar-refractivity contribution in [3.63, 3.8) is 0 Å². The summed E-state index contributed by atoms with van der Waals surface area (Å²) in [5, 5.41) is 0. The third-order valence-corrected chi connectivity index (χ3v) is 3.69. The van der Waals surface area contributed by atoms with Crippen molar-refractivity contribution in [2.45, 2.75) is 40.5 Å². The van der Waals surface area contributed by atoms with E-state index in [4.69, 9.17) is 23.7 Å². The molecule has 0 aromatic heterocycles. The number of hydrogen-bond donors (Lipinski definition) is 0. The molecule has 2 atom stereocenters. The van der Waals surface area contributed by atoms with Crippen LogP contribution in [0.1, 0.15) is 40.5 Å². The average molecular weight is 334 g/mol. The molecule has 5 heteroatoms. The second kappa shape index (κ2) is 18.1. The minimum atomic E-state index is 0.596. The molecule has 0 bridgehead atoms. The maximum Gasteiger partial charge on any atom is 0.0701 e. The van der Waals surface area contributed by atoms with E-state index < -0.39 is 0 Å². The highest BCUT2D eigenvalue weighted by Gasteiger charge is 1.99. The minimum Gasteiger partial charge on any atom is -0.379 e. The lowest BCUT2D eigenvalue weighted by Gasteiger charge is -2.10. The zero-order valence-corrected chi connectivity index (χ0v) is 15.7. The largest absolute Gasteiger partial charge is 0.379 e. The van der Waals surface area contributed by atoms with Crippen LogP contribution in [0.5, 0.6) is 0 Å². The van der Waals surface area contributed by atoms with Gasteiger partial charge in [-0.1, -0.05) is 40.5 Å². The molecule has 23 heavy (non-hydrogen) atoms. The fraction of sp³-hybridized carbons (Fsp3) is 1.00. The Balaban J connectivity index is 3.03. The van der Waals surface area contributed by atoms with Gasteiger partial charge in [0.2, 0.25) is 0 Å². The van der Waals surface area contributed by atoms with Crippen LogP contribution in [0.4, 0.5) is 0 Å². The smallest absolute Gasteiger partial charge is 0.0701 e. The van der Waals surface area contributed by atoms with E-state index in [1.54, 1.807) is 0 Å². The van der Waals surface area contributed by atoms with E-state index >= 15 is 0 Å². The van der Waals surface area contributed by atoms with Gasteiger partial charge in [0.1, 0.15) is 0 Å². The lowest BCUT2D eigenvalue weighted by atomic mass is 10.1. The van der Waals surface area contributed by atoms with Gasteiger partial charge in [-0.25, -0.2) is 0 Å². The molecule has 0 radical (unpaired) electrons. The van der Waals surface area contributed by atoms with Crippen molar-refractivity contribution in [1.82, 2.24) is 0 Å². The molecule has 0 amide bonds. The van der Waals surface area contributed by atoms with Crippen LogP contribution in [-0.4, -0.2) is 66.1 Å². The van der Waals surface area contributed by atoms with Crippen LogP contribution in [0.2, 0.25) is 0 Å². The normalized spacial score (nSPS) is 14.1. The van der Waals surface area contributed by atoms with Crippen LogP contribution in [-0.2, 0) is 23.7 Å². The topological polar surface area (TPSA) is 46.2 Å². The van der Waals surface area contributed by atoms with Gasteiger partial charge in [0.15, 0.2) is 0 Å². The molecular weight excluding hydrogens is 296 g/mol. The molecule has 0 aromatic carbocycles. The second-order valence-electron chi connectivity index (χ2n) is 6.01. The fourth-order valence-corrected chi connectivity index (χ4v) is 1.58. The molecule has 0 fully saturated rings. The lowest BCUT2D eigenvalue weighted by Crippen LogP contribution is -2.14. The van der Waals surface area contributed by atoms with Gasteiger partial charge >= 0.3 is 0 Å². The Morgan fingerprint density at radius 2 is 0.739 bits per heavy atom. The Labute approximate surface area is 143 Å². The van der Waals surface area contributed by atoms with Gasteiger partial charge in [-0.3, -0.25) is 0 Å². The SMILES string of the molecule is CCC(C)COCCOCCOCCOCCOCC(C)CC.